The lowest BCUT2D eigenvalue weighted by Gasteiger charge is -2.24. The van der Waals surface area contributed by atoms with E-state index in [1.165, 1.54) is 19.3 Å². The van der Waals surface area contributed by atoms with E-state index in [2.05, 4.69) is 21.7 Å². The summed E-state index contributed by atoms with van der Waals surface area (Å²) in [5, 5.41) is 8.09. The Balaban J connectivity index is 1.82. The molecule has 164 valence electrons. The number of aromatic amines is 1. The van der Waals surface area contributed by atoms with Gasteiger partial charge in [0.1, 0.15) is 5.75 Å². The van der Waals surface area contributed by atoms with E-state index in [9.17, 15) is 4.79 Å². The van der Waals surface area contributed by atoms with Gasteiger partial charge in [0.2, 0.25) is 0 Å². The number of aromatic nitrogens is 1. The Kier molecular flexibility index (Phi) is 6.54. The normalized spacial score (nSPS) is 16.5. The number of piperidine rings is 1. The zero-order valence-electron chi connectivity index (χ0n) is 18.4. The smallest absolute Gasteiger partial charge is 0.260 e. The molecule has 0 spiro atoms. The fraction of sp³-hybridized carbons (Fsp3) is 0.400. The van der Waals surface area contributed by atoms with Crippen molar-refractivity contribution in [1.82, 2.24) is 10.3 Å². The van der Waals surface area contributed by atoms with Crippen LogP contribution in [-0.4, -0.2) is 31.2 Å². The first-order valence-electron chi connectivity index (χ1n) is 11.0. The van der Waals surface area contributed by atoms with Crippen LogP contribution in [0.4, 0.5) is 5.69 Å². The lowest BCUT2D eigenvalue weighted by molar-refractivity contribution is 0.271. The molecule has 5 nitrogen and oxygen atoms in total. The van der Waals surface area contributed by atoms with Crippen LogP contribution in [0.5, 0.6) is 5.75 Å². The number of ether oxygens (including phenoxy) is 1. The van der Waals surface area contributed by atoms with Gasteiger partial charge >= 0.3 is 0 Å². The molecular formula is C25H30ClN3O2. The molecule has 2 heterocycles. The van der Waals surface area contributed by atoms with Crippen molar-refractivity contribution in [2.24, 2.45) is 0 Å². The van der Waals surface area contributed by atoms with Gasteiger partial charge in [-0.05, 0) is 57.4 Å². The van der Waals surface area contributed by atoms with E-state index in [-0.39, 0.29) is 5.56 Å². The summed E-state index contributed by atoms with van der Waals surface area (Å²) in [4.78, 5) is 16.2. The van der Waals surface area contributed by atoms with Crippen LogP contribution >= 0.6 is 11.6 Å². The number of benzene rings is 2. The number of anilines is 1. The molecule has 0 amide bonds. The predicted molar refractivity (Wildman–Crippen MR) is 130 cm³/mol. The van der Waals surface area contributed by atoms with Gasteiger partial charge in [-0.3, -0.25) is 4.79 Å². The molecule has 0 aliphatic carbocycles. The fourth-order valence-corrected chi connectivity index (χ4v) is 4.74. The van der Waals surface area contributed by atoms with Crippen molar-refractivity contribution < 1.29 is 4.74 Å². The molecule has 1 aliphatic rings. The third-order valence-electron chi connectivity index (χ3n) is 5.96. The summed E-state index contributed by atoms with van der Waals surface area (Å²) in [6.45, 7) is 5.70. The summed E-state index contributed by atoms with van der Waals surface area (Å²) in [5.41, 5.74) is 4.96. The number of rotatable bonds is 6. The molecule has 0 saturated carbocycles. The number of fused-ring (bicyclic) bond motifs is 1. The monoisotopic (exact) mass is 439 g/mol. The van der Waals surface area contributed by atoms with E-state index in [4.69, 9.17) is 16.3 Å². The van der Waals surface area contributed by atoms with E-state index in [1.54, 1.807) is 6.07 Å². The highest BCUT2D eigenvalue weighted by atomic mass is 35.5. The third kappa shape index (κ3) is 4.73. The summed E-state index contributed by atoms with van der Waals surface area (Å²) >= 11 is 6.38. The van der Waals surface area contributed by atoms with Crippen LogP contribution in [0.3, 0.4) is 0 Å². The molecule has 1 aromatic heterocycles. The lowest BCUT2D eigenvalue weighted by Crippen LogP contribution is -2.35. The first-order valence-corrected chi connectivity index (χ1v) is 11.4. The van der Waals surface area contributed by atoms with Crippen LogP contribution in [0.25, 0.3) is 22.0 Å². The largest absolute Gasteiger partial charge is 0.492 e. The van der Waals surface area contributed by atoms with Crippen LogP contribution in [0.1, 0.15) is 36.8 Å². The number of aryl methyl sites for hydroxylation is 2. The molecule has 1 unspecified atom stereocenters. The van der Waals surface area contributed by atoms with Gasteiger partial charge in [0.25, 0.3) is 5.56 Å². The van der Waals surface area contributed by atoms with Gasteiger partial charge in [-0.15, -0.1) is 0 Å². The Morgan fingerprint density at radius 2 is 1.90 bits per heavy atom. The average molecular weight is 440 g/mol. The number of pyridine rings is 1. The van der Waals surface area contributed by atoms with Gasteiger partial charge in [0, 0.05) is 18.5 Å². The summed E-state index contributed by atoms with van der Waals surface area (Å²) in [6.07, 6.45) is 4.57. The number of halogens is 1. The molecule has 1 aliphatic heterocycles. The SMILES string of the molecule is CNc1cc2c(OCCC3CCCCN3)c(-c3cc(C)cc(C)c3)c(=O)[nH]c2cc1Cl. The van der Waals surface area contributed by atoms with Crippen molar-refractivity contribution in [3.8, 4) is 16.9 Å². The number of hydrogen-bond acceptors (Lipinski definition) is 4. The Morgan fingerprint density at radius 3 is 2.58 bits per heavy atom. The van der Waals surface area contributed by atoms with Gasteiger partial charge in [0.15, 0.2) is 0 Å². The molecule has 0 radical (unpaired) electrons. The summed E-state index contributed by atoms with van der Waals surface area (Å²) in [5.74, 6) is 0.618. The second-order valence-electron chi connectivity index (χ2n) is 8.45. The van der Waals surface area contributed by atoms with Crippen molar-refractivity contribution in [3.05, 3.63) is 56.8 Å². The van der Waals surface area contributed by atoms with Crippen LogP contribution in [-0.2, 0) is 0 Å². The van der Waals surface area contributed by atoms with E-state index < -0.39 is 0 Å². The molecule has 1 fully saturated rings. The summed E-state index contributed by atoms with van der Waals surface area (Å²) in [7, 11) is 1.83. The summed E-state index contributed by atoms with van der Waals surface area (Å²) in [6, 6.07) is 10.4. The molecule has 1 saturated heterocycles. The highest BCUT2D eigenvalue weighted by Crippen LogP contribution is 2.37. The highest BCUT2D eigenvalue weighted by Gasteiger charge is 2.19. The quantitative estimate of drug-likeness (QED) is 0.480. The first kappa shape index (κ1) is 21.7. The molecule has 3 N–H and O–H groups in total. The molecule has 1 atom stereocenters. The van der Waals surface area contributed by atoms with Gasteiger partial charge < -0.3 is 20.4 Å². The maximum Gasteiger partial charge on any atom is 0.260 e. The van der Waals surface area contributed by atoms with E-state index in [0.29, 0.717) is 34.5 Å². The highest BCUT2D eigenvalue weighted by molar-refractivity contribution is 6.34. The summed E-state index contributed by atoms with van der Waals surface area (Å²) < 4.78 is 6.38. The van der Waals surface area contributed by atoms with Gasteiger partial charge in [-0.1, -0.05) is 47.3 Å². The Morgan fingerprint density at radius 1 is 1.13 bits per heavy atom. The van der Waals surface area contributed by atoms with Crippen molar-refractivity contribution in [3.63, 3.8) is 0 Å². The van der Waals surface area contributed by atoms with E-state index >= 15 is 0 Å². The standard InChI is InChI=1S/C25H30ClN3O2/c1-15-10-16(2)12-17(11-15)23-24(31-9-7-18-6-4-5-8-28-18)19-13-22(27-3)20(26)14-21(19)29-25(23)30/h10-14,18,27-28H,4-9H2,1-3H3,(H,29,30). The second-order valence-corrected chi connectivity index (χ2v) is 8.85. The Hall–Kier alpha value is -2.50. The predicted octanol–water partition coefficient (Wildman–Crippen LogP) is 5.42. The van der Waals surface area contributed by atoms with Gasteiger partial charge in [-0.2, -0.15) is 0 Å². The first-order chi connectivity index (χ1) is 15.0. The van der Waals surface area contributed by atoms with E-state index in [0.717, 1.165) is 40.7 Å². The lowest BCUT2D eigenvalue weighted by atomic mass is 9.99. The molecular weight excluding hydrogens is 410 g/mol. The maximum absolute atomic E-state index is 13.2. The molecule has 2 aromatic carbocycles. The van der Waals surface area contributed by atoms with Crippen LogP contribution in [0.2, 0.25) is 5.02 Å². The molecule has 0 bridgehead atoms. The minimum absolute atomic E-state index is 0.170. The Labute approximate surface area is 188 Å². The molecule has 6 heteroatoms. The second kappa shape index (κ2) is 9.33. The van der Waals surface area contributed by atoms with Crippen LogP contribution < -0.4 is 20.9 Å². The topological polar surface area (TPSA) is 66.2 Å². The van der Waals surface area contributed by atoms with Gasteiger partial charge in [-0.25, -0.2) is 0 Å². The van der Waals surface area contributed by atoms with Crippen molar-refractivity contribution >= 4 is 28.2 Å². The zero-order chi connectivity index (χ0) is 22.0. The van der Waals surface area contributed by atoms with Crippen LogP contribution in [0.15, 0.2) is 35.1 Å². The van der Waals surface area contributed by atoms with Crippen molar-refractivity contribution in [1.29, 1.82) is 0 Å². The molecule has 4 rings (SSSR count). The van der Waals surface area contributed by atoms with Gasteiger partial charge in [0.05, 0.1) is 28.4 Å². The Bertz CT molecular complexity index is 1130. The third-order valence-corrected chi connectivity index (χ3v) is 6.27. The molecule has 3 aromatic rings. The molecule has 31 heavy (non-hydrogen) atoms. The minimum Gasteiger partial charge on any atom is -0.492 e. The van der Waals surface area contributed by atoms with Crippen molar-refractivity contribution in [2.45, 2.75) is 45.6 Å². The maximum atomic E-state index is 13.2. The van der Waals surface area contributed by atoms with Crippen LogP contribution in [0, 0.1) is 13.8 Å². The van der Waals surface area contributed by atoms with E-state index in [1.807, 2.05) is 39.1 Å². The fourth-order valence-electron chi connectivity index (χ4n) is 4.48. The number of hydrogen-bond donors (Lipinski definition) is 3. The average Bonchev–Trinajstić information content (AvgIpc) is 2.73. The van der Waals surface area contributed by atoms with Crippen molar-refractivity contribution in [2.75, 3.05) is 25.5 Å². The zero-order valence-corrected chi connectivity index (χ0v) is 19.2. The number of H-pyrrole nitrogens is 1. The number of nitrogens with one attached hydrogen (secondary N) is 3. The minimum atomic E-state index is -0.170.